The molecule has 3 N–H and O–H groups in total. The van der Waals surface area contributed by atoms with Crippen LogP contribution < -0.4 is 5.32 Å². The first-order valence-electron chi connectivity index (χ1n) is 8.30. The highest BCUT2D eigenvalue weighted by atomic mass is 16.5. The summed E-state index contributed by atoms with van der Waals surface area (Å²) in [6.07, 6.45) is 4.42. The minimum atomic E-state index is 0.110. The Hall–Kier alpha value is -1.36. The second kappa shape index (κ2) is 7.27. The van der Waals surface area contributed by atoms with Gasteiger partial charge in [-0.15, -0.1) is 0 Å². The minimum Gasteiger partial charge on any atom is -0.394 e. The summed E-state index contributed by atoms with van der Waals surface area (Å²) in [7, 11) is 0. The van der Waals surface area contributed by atoms with Crippen molar-refractivity contribution in [1.82, 2.24) is 10.3 Å². The number of aromatic amines is 1. The predicted molar refractivity (Wildman–Crippen MR) is 89.4 cm³/mol. The number of nitrogens with one attached hydrogen (secondary N) is 2. The van der Waals surface area contributed by atoms with Gasteiger partial charge in [-0.25, -0.2) is 0 Å². The van der Waals surface area contributed by atoms with Crippen molar-refractivity contribution in [3.63, 3.8) is 0 Å². The molecule has 4 heteroatoms. The van der Waals surface area contributed by atoms with Gasteiger partial charge in [0, 0.05) is 29.2 Å². The number of hydrogen-bond donors (Lipinski definition) is 3. The third kappa shape index (κ3) is 3.51. The molecule has 1 atom stereocenters. The average Bonchev–Trinajstić information content (AvgIpc) is 2.88. The van der Waals surface area contributed by atoms with Gasteiger partial charge in [0.05, 0.1) is 13.2 Å². The summed E-state index contributed by atoms with van der Waals surface area (Å²) in [4.78, 5) is 3.58. The fourth-order valence-electron chi connectivity index (χ4n) is 3.35. The van der Waals surface area contributed by atoms with Crippen molar-refractivity contribution in [1.29, 1.82) is 0 Å². The quantitative estimate of drug-likeness (QED) is 0.688. The molecule has 0 saturated carbocycles. The Morgan fingerprint density at radius 2 is 2.27 bits per heavy atom. The standard InChI is InChI=1S/C18H26N2O2/c1-13-3-5-17-15(11-13)16-12-14(4-6-18(16)20-17)19-7-2-9-22-10-8-21/h3,5,11,14,19-21H,2,4,6-10,12H2,1H3. The van der Waals surface area contributed by atoms with Crippen LogP contribution >= 0.6 is 0 Å². The summed E-state index contributed by atoms with van der Waals surface area (Å²) >= 11 is 0. The van der Waals surface area contributed by atoms with E-state index >= 15 is 0 Å². The molecule has 0 aliphatic heterocycles. The van der Waals surface area contributed by atoms with E-state index in [0.29, 0.717) is 12.6 Å². The van der Waals surface area contributed by atoms with Crippen LogP contribution in [0.3, 0.4) is 0 Å². The van der Waals surface area contributed by atoms with Crippen LogP contribution in [-0.4, -0.2) is 42.5 Å². The number of benzene rings is 1. The maximum atomic E-state index is 8.66. The first kappa shape index (κ1) is 15.5. The summed E-state index contributed by atoms with van der Waals surface area (Å²) < 4.78 is 5.29. The van der Waals surface area contributed by atoms with E-state index in [1.807, 2.05) is 0 Å². The summed E-state index contributed by atoms with van der Waals surface area (Å²) in [6, 6.07) is 7.23. The highest BCUT2D eigenvalue weighted by Crippen LogP contribution is 2.29. The van der Waals surface area contributed by atoms with Gasteiger partial charge in [-0.3, -0.25) is 0 Å². The van der Waals surface area contributed by atoms with Gasteiger partial charge in [0.15, 0.2) is 0 Å². The Morgan fingerprint density at radius 1 is 1.36 bits per heavy atom. The van der Waals surface area contributed by atoms with Crippen molar-refractivity contribution >= 4 is 10.9 Å². The van der Waals surface area contributed by atoms with Crippen LogP contribution in [0.4, 0.5) is 0 Å². The molecule has 0 saturated heterocycles. The number of aromatic nitrogens is 1. The molecule has 0 spiro atoms. The Balaban J connectivity index is 1.56. The molecule has 1 unspecified atom stereocenters. The fraction of sp³-hybridized carbons (Fsp3) is 0.556. The van der Waals surface area contributed by atoms with Crippen molar-refractivity contribution in [2.45, 2.75) is 38.6 Å². The minimum absolute atomic E-state index is 0.110. The molecular weight excluding hydrogens is 276 g/mol. The van der Waals surface area contributed by atoms with Gasteiger partial charge in [0.2, 0.25) is 0 Å². The molecule has 120 valence electrons. The smallest absolute Gasteiger partial charge is 0.0697 e. The van der Waals surface area contributed by atoms with E-state index in [-0.39, 0.29) is 6.61 Å². The maximum Gasteiger partial charge on any atom is 0.0697 e. The SMILES string of the molecule is Cc1ccc2[nH]c3c(c2c1)CC(NCCCOCCO)CC3. The van der Waals surface area contributed by atoms with Crippen molar-refractivity contribution < 1.29 is 9.84 Å². The molecule has 1 aromatic carbocycles. The Bertz CT molecular complexity index is 621. The predicted octanol–water partition coefficient (Wildman–Crippen LogP) is 2.32. The van der Waals surface area contributed by atoms with Crippen LogP contribution in [0.25, 0.3) is 10.9 Å². The number of aliphatic hydroxyl groups is 1. The molecule has 4 nitrogen and oxygen atoms in total. The van der Waals surface area contributed by atoms with Crippen LogP contribution in [0.2, 0.25) is 0 Å². The second-order valence-corrected chi connectivity index (χ2v) is 6.21. The van der Waals surface area contributed by atoms with E-state index in [4.69, 9.17) is 9.84 Å². The van der Waals surface area contributed by atoms with Crippen LogP contribution in [0, 0.1) is 6.92 Å². The largest absolute Gasteiger partial charge is 0.394 e. The number of hydrogen-bond acceptors (Lipinski definition) is 3. The zero-order valence-electron chi connectivity index (χ0n) is 13.3. The number of H-pyrrole nitrogens is 1. The molecule has 22 heavy (non-hydrogen) atoms. The fourth-order valence-corrected chi connectivity index (χ4v) is 3.35. The first-order chi connectivity index (χ1) is 10.8. The number of fused-ring (bicyclic) bond motifs is 3. The average molecular weight is 302 g/mol. The molecule has 1 aliphatic rings. The summed E-state index contributed by atoms with van der Waals surface area (Å²) in [5.74, 6) is 0. The van der Waals surface area contributed by atoms with E-state index in [1.54, 1.807) is 0 Å². The lowest BCUT2D eigenvalue weighted by molar-refractivity contribution is 0.0903. The number of rotatable bonds is 7. The lowest BCUT2D eigenvalue weighted by Crippen LogP contribution is -2.35. The van der Waals surface area contributed by atoms with Crippen LogP contribution in [0.5, 0.6) is 0 Å². The number of aryl methyl sites for hydroxylation is 2. The van der Waals surface area contributed by atoms with Crippen molar-refractivity contribution in [3.05, 3.63) is 35.0 Å². The maximum absolute atomic E-state index is 8.66. The molecule has 0 fully saturated rings. The van der Waals surface area contributed by atoms with Crippen molar-refractivity contribution in [3.8, 4) is 0 Å². The monoisotopic (exact) mass is 302 g/mol. The van der Waals surface area contributed by atoms with Gasteiger partial charge in [-0.05, 0) is 56.8 Å². The van der Waals surface area contributed by atoms with E-state index in [2.05, 4.69) is 35.4 Å². The molecule has 3 rings (SSSR count). The highest BCUT2D eigenvalue weighted by Gasteiger charge is 2.21. The Labute approximate surface area is 131 Å². The molecule has 1 heterocycles. The van der Waals surface area contributed by atoms with E-state index in [0.717, 1.165) is 32.4 Å². The summed E-state index contributed by atoms with van der Waals surface area (Å²) in [5, 5.41) is 13.7. The Kier molecular flexibility index (Phi) is 5.13. The molecule has 0 bridgehead atoms. The first-order valence-corrected chi connectivity index (χ1v) is 8.30. The highest BCUT2D eigenvalue weighted by molar-refractivity contribution is 5.85. The van der Waals surface area contributed by atoms with Crippen LogP contribution in [0.1, 0.15) is 29.7 Å². The molecule has 2 aromatic rings. The van der Waals surface area contributed by atoms with E-state index in [9.17, 15) is 0 Å². The molecule has 1 aromatic heterocycles. The number of aliphatic hydroxyl groups excluding tert-OH is 1. The van der Waals surface area contributed by atoms with E-state index in [1.165, 1.54) is 34.1 Å². The van der Waals surface area contributed by atoms with Gasteiger partial charge < -0.3 is 20.1 Å². The van der Waals surface area contributed by atoms with Gasteiger partial charge in [0.1, 0.15) is 0 Å². The third-order valence-electron chi connectivity index (χ3n) is 4.48. The molecule has 0 amide bonds. The third-order valence-corrected chi connectivity index (χ3v) is 4.48. The van der Waals surface area contributed by atoms with Gasteiger partial charge in [0.25, 0.3) is 0 Å². The zero-order chi connectivity index (χ0) is 15.4. The number of ether oxygens (including phenoxy) is 1. The molecule has 1 aliphatic carbocycles. The van der Waals surface area contributed by atoms with Gasteiger partial charge in [-0.1, -0.05) is 11.6 Å². The summed E-state index contributed by atoms with van der Waals surface area (Å²) in [5.41, 5.74) is 5.52. The van der Waals surface area contributed by atoms with Crippen molar-refractivity contribution in [2.75, 3.05) is 26.4 Å². The van der Waals surface area contributed by atoms with E-state index < -0.39 is 0 Å². The van der Waals surface area contributed by atoms with Gasteiger partial charge >= 0.3 is 0 Å². The Morgan fingerprint density at radius 3 is 3.14 bits per heavy atom. The molecule has 0 radical (unpaired) electrons. The summed E-state index contributed by atoms with van der Waals surface area (Å²) in [6.45, 7) is 4.41. The topological polar surface area (TPSA) is 57.3 Å². The van der Waals surface area contributed by atoms with Crippen molar-refractivity contribution in [2.24, 2.45) is 0 Å². The zero-order valence-corrected chi connectivity index (χ0v) is 13.3. The lowest BCUT2D eigenvalue weighted by Gasteiger charge is -2.23. The molecular formula is C18H26N2O2. The normalized spacial score (nSPS) is 17.8. The van der Waals surface area contributed by atoms with Gasteiger partial charge in [-0.2, -0.15) is 0 Å². The lowest BCUT2D eigenvalue weighted by atomic mass is 9.91. The second-order valence-electron chi connectivity index (χ2n) is 6.21. The van der Waals surface area contributed by atoms with Crippen LogP contribution in [0.15, 0.2) is 18.2 Å². The van der Waals surface area contributed by atoms with Crippen LogP contribution in [-0.2, 0) is 17.6 Å².